The van der Waals surface area contributed by atoms with Crippen molar-refractivity contribution < 1.29 is 9.59 Å². The Bertz CT molecular complexity index is 286. The molecule has 1 aliphatic rings. The van der Waals surface area contributed by atoms with E-state index in [0.717, 1.165) is 13.0 Å². The zero-order chi connectivity index (χ0) is 11.4. The minimum atomic E-state index is -0.0540. The number of rotatable bonds is 4. The molecule has 1 saturated heterocycles. The summed E-state index contributed by atoms with van der Waals surface area (Å²) >= 11 is 0. The van der Waals surface area contributed by atoms with E-state index in [1.807, 2.05) is 4.90 Å². The minimum Gasteiger partial charge on any atom is -0.341 e. The second-order valence-corrected chi connectivity index (χ2v) is 3.99. The van der Waals surface area contributed by atoms with Gasteiger partial charge in [0.15, 0.2) is 0 Å². The molecule has 0 atom stereocenters. The summed E-state index contributed by atoms with van der Waals surface area (Å²) in [4.78, 5) is 26.2. The van der Waals surface area contributed by atoms with Crippen molar-refractivity contribution in [3.05, 3.63) is 12.2 Å². The summed E-state index contributed by atoms with van der Waals surface area (Å²) < 4.78 is 0. The highest BCUT2D eigenvalue weighted by molar-refractivity contribution is 5.92. The molecule has 2 amide bonds. The molecule has 0 aromatic rings. The Balaban J connectivity index is 2.33. The summed E-state index contributed by atoms with van der Waals surface area (Å²) in [6, 6.07) is 0. The van der Waals surface area contributed by atoms with E-state index in [9.17, 15) is 9.59 Å². The maximum Gasteiger partial charge on any atom is 0.248 e. The molecule has 4 nitrogen and oxygen atoms in total. The van der Waals surface area contributed by atoms with Crippen molar-refractivity contribution in [3.63, 3.8) is 0 Å². The quantitative estimate of drug-likeness (QED) is 0.639. The lowest BCUT2D eigenvalue weighted by Crippen LogP contribution is -2.37. The third-order valence-electron chi connectivity index (χ3n) is 2.59. The lowest BCUT2D eigenvalue weighted by atomic mass is 10.3. The second-order valence-electron chi connectivity index (χ2n) is 3.99. The predicted octanol–water partition coefficient (Wildman–Crippen LogP) is 0.643. The maximum absolute atomic E-state index is 11.5. The van der Waals surface area contributed by atoms with Crippen LogP contribution < -0.4 is 0 Å². The lowest BCUT2D eigenvalue weighted by molar-refractivity contribution is -0.130. The standard InChI is InChI=1S/C11H18N2O2/c1-9(2)11(15)12(3)7-8-13-6-4-5-10(13)14/h1,4-8H2,2-3H3. The van der Waals surface area contributed by atoms with Crippen molar-refractivity contribution in [1.29, 1.82) is 0 Å². The summed E-state index contributed by atoms with van der Waals surface area (Å²) in [5.74, 6) is 0.146. The first-order valence-electron chi connectivity index (χ1n) is 5.21. The predicted molar refractivity (Wildman–Crippen MR) is 58.3 cm³/mol. The Morgan fingerprint density at radius 3 is 2.73 bits per heavy atom. The van der Waals surface area contributed by atoms with Crippen LogP contribution >= 0.6 is 0 Å². The molecule has 15 heavy (non-hydrogen) atoms. The molecule has 84 valence electrons. The fraction of sp³-hybridized carbons (Fsp3) is 0.636. The fourth-order valence-corrected chi connectivity index (χ4v) is 1.64. The maximum atomic E-state index is 11.5. The highest BCUT2D eigenvalue weighted by Crippen LogP contribution is 2.09. The van der Waals surface area contributed by atoms with E-state index >= 15 is 0 Å². The molecule has 0 spiro atoms. The Hall–Kier alpha value is -1.32. The van der Waals surface area contributed by atoms with Crippen molar-refractivity contribution in [3.8, 4) is 0 Å². The normalized spacial score (nSPS) is 15.6. The van der Waals surface area contributed by atoms with Gasteiger partial charge in [0, 0.05) is 38.7 Å². The van der Waals surface area contributed by atoms with E-state index < -0.39 is 0 Å². The molecule has 4 heteroatoms. The zero-order valence-electron chi connectivity index (χ0n) is 9.45. The number of likely N-dealkylation sites (N-methyl/N-ethyl adjacent to an activating group) is 1. The van der Waals surface area contributed by atoms with Gasteiger partial charge < -0.3 is 9.80 Å². The van der Waals surface area contributed by atoms with Crippen molar-refractivity contribution in [2.24, 2.45) is 0 Å². The largest absolute Gasteiger partial charge is 0.341 e. The van der Waals surface area contributed by atoms with Gasteiger partial charge in [0.2, 0.25) is 11.8 Å². The average molecular weight is 210 g/mol. The summed E-state index contributed by atoms with van der Waals surface area (Å²) in [6.07, 6.45) is 1.59. The highest BCUT2D eigenvalue weighted by Gasteiger charge is 2.20. The molecule has 1 aliphatic heterocycles. The Labute approximate surface area is 90.5 Å². The van der Waals surface area contributed by atoms with Gasteiger partial charge in [-0.25, -0.2) is 0 Å². The van der Waals surface area contributed by atoms with Crippen LogP contribution in [0.15, 0.2) is 12.2 Å². The van der Waals surface area contributed by atoms with Crippen LogP contribution in [0.2, 0.25) is 0 Å². The first-order chi connectivity index (χ1) is 7.02. The van der Waals surface area contributed by atoms with E-state index in [1.54, 1.807) is 18.9 Å². The Kier molecular flexibility index (Phi) is 3.88. The van der Waals surface area contributed by atoms with Gasteiger partial charge in [0.05, 0.1) is 0 Å². The second kappa shape index (κ2) is 4.96. The van der Waals surface area contributed by atoms with Gasteiger partial charge in [-0.1, -0.05) is 6.58 Å². The van der Waals surface area contributed by atoms with E-state index in [4.69, 9.17) is 0 Å². The molecule has 0 unspecified atom stereocenters. The number of hydrogen-bond donors (Lipinski definition) is 0. The molecule has 0 aliphatic carbocycles. The van der Waals surface area contributed by atoms with Gasteiger partial charge in [0.1, 0.15) is 0 Å². The van der Waals surface area contributed by atoms with E-state index in [-0.39, 0.29) is 11.8 Å². The number of likely N-dealkylation sites (tertiary alicyclic amines) is 1. The van der Waals surface area contributed by atoms with Crippen molar-refractivity contribution in [1.82, 2.24) is 9.80 Å². The van der Waals surface area contributed by atoms with E-state index in [2.05, 4.69) is 6.58 Å². The topological polar surface area (TPSA) is 40.6 Å². The summed E-state index contributed by atoms with van der Waals surface area (Å²) in [6.45, 7) is 7.33. The van der Waals surface area contributed by atoms with Gasteiger partial charge in [-0.05, 0) is 13.3 Å². The molecular formula is C11H18N2O2. The molecule has 0 aromatic carbocycles. The summed E-state index contributed by atoms with van der Waals surface area (Å²) in [7, 11) is 1.73. The molecule has 1 rings (SSSR count). The van der Waals surface area contributed by atoms with Crippen molar-refractivity contribution in [2.75, 3.05) is 26.7 Å². The Morgan fingerprint density at radius 2 is 2.27 bits per heavy atom. The van der Waals surface area contributed by atoms with Crippen LogP contribution in [0, 0.1) is 0 Å². The third kappa shape index (κ3) is 3.08. The SMILES string of the molecule is C=C(C)C(=O)N(C)CCN1CCCC1=O. The van der Waals surface area contributed by atoms with E-state index in [1.165, 1.54) is 0 Å². The number of amides is 2. The summed E-state index contributed by atoms with van der Waals surface area (Å²) in [5.41, 5.74) is 0.533. The Morgan fingerprint density at radius 1 is 1.60 bits per heavy atom. The highest BCUT2D eigenvalue weighted by atomic mass is 16.2. The van der Waals surface area contributed by atoms with Crippen LogP contribution in [0.1, 0.15) is 19.8 Å². The van der Waals surface area contributed by atoms with Crippen LogP contribution in [-0.2, 0) is 9.59 Å². The molecule has 1 fully saturated rings. The zero-order valence-corrected chi connectivity index (χ0v) is 9.45. The van der Waals surface area contributed by atoms with Crippen LogP contribution in [0.4, 0.5) is 0 Å². The molecule has 0 radical (unpaired) electrons. The van der Waals surface area contributed by atoms with Crippen molar-refractivity contribution >= 4 is 11.8 Å². The number of hydrogen-bond acceptors (Lipinski definition) is 2. The van der Waals surface area contributed by atoms with Gasteiger partial charge >= 0.3 is 0 Å². The molecular weight excluding hydrogens is 192 g/mol. The van der Waals surface area contributed by atoms with E-state index in [0.29, 0.717) is 25.1 Å². The van der Waals surface area contributed by atoms with Crippen LogP contribution in [0.3, 0.4) is 0 Å². The van der Waals surface area contributed by atoms with Crippen molar-refractivity contribution in [2.45, 2.75) is 19.8 Å². The smallest absolute Gasteiger partial charge is 0.248 e. The van der Waals surface area contributed by atoms with Crippen LogP contribution in [0.5, 0.6) is 0 Å². The van der Waals surface area contributed by atoms with Crippen LogP contribution in [0.25, 0.3) is 0 Å². The molecule has 0 bridgehead atoms. The molecule has 0 aromatic heterocycles. The first kappa shape index (κ1) is 11.8. The van der Waals surface area contributed by atoms with Gasteiger partial charge in [-0.15, -0.1) is 0 Å². The molecule has 0 N–H and O–H groups in total. The minimum absolute atomic E-state index is 0.0540. The average Bonchev–Trinajstić information content (AvgIpc) is 2.59. The number of carbonyl (C=O) groups is 2. The lowest BCUT2D eigenvalue weighted by Gasteiger charge is -2.21. The number of carbonyl (C=O) groups excluding carboxylic acids is 2. The monoisotopic (exact) mass is 210 g/mol. The van der Waals surface area contributed by atoms with Gasteiger partial charge in [-0.2, -0.15) is 0 Å². The fourth-order valence-electron chi connectivity index (χ4n) is 1.64. The van der Waals surface area contributed by atoms with Crippen LogP contribution in [-0.4, -0.2) is 48.3 Å². The molecule has 1 heterocycles. The van der Waals surface area contributed by atoms with Gasteiger partial charge in [-0.3, -0.25) is 9.59 Å². The summed E-state index contributed by atoms with van der Waals surface area (Å²) in [5, 5.41) is 0. The number of nitrogens with zero attached hydrogens (tertiary/aromatic N) is 2. The first-order valence-corrected chi connectivity index (χ1v) is 5.21. The van der Waals surface area contributed by atoms with Gasteiger partial charge in [0.25, 0.3) is 0 Å². The third-order valence-corrected chi connectivity index (χ3v) is 2.59. The molecule has 0 saturated carbocycles.